The molecule has 1 aliphatic rings. The van der Waals surface area contributed by atoms with Gasteiger partial charge >= 0.3 is 6.03 Å². The zero-order valence-electron chi connectivity index (χ0n) is 12.1. The van der Waals surface area contributed by atoms with Gasteiger partial charge in [-0.05, 0) is 30.5 Å². The SMILES string of the molecule is CCC1(CC)NC(=O)N(CC(O)c2ccc(Cl)cc2)C1=O. The van der Waals surface area contributed by atoms with E-state index in [1.165, 1.54) is 0 Å². The van der Waals surface area contributed by atoms with E-state index in [0.717, 1.165) is 4.90 Å². The quantitative estimate of drug-likeness (QED) is 0.821. The predicted molar refractivity (Wildman–Crippen MR) is 80.0 cm³/mol. The van der Waals surface area contributed by atoms with Crippen molar-refractivity contribution in [1.29, 1.82) is 0 Å². The molecule has 1 saturated heterocycles. The minimum Gasteiger partial charge on any atom is -0.387 e. The van der Waals surface area contributed by atoms with Gasteiger partial charge in [-0.1, -0.05) is 37.6 Å². The van der Waals surface area contributed by atoms with Gasteiger partial charge < -0.3 is 10.4 Å². The van der Waals surface area contributed by atoms with Crippen LogP contribution in [0.1, 0.15) is 38.4 Å². The minimum absolute atomic E-state index is 0.0615. The van der Waals surface area contributed by atoms with Crippen LogP contribution < -0.4 is 5.32 Å². The number of rotatable bonds is 5. The predicted octanol–water partition coefficient (Wildman–Crippen LogP) is 2.48. The lowest BCUT2D eigenvalue weighted by Gasteiger charge is -2.24. The molecule has 0 saturated carbocycles. The monoisotopic (exact) mass is 310 g/mol. The molecule has 2 N–H and O–H groups in total. The zero-order valence-corrected chi connectivity index (χ0v) is 12.9. The van der Waals surface area contributed by atoms with Gasteiger partial charge in [0.1, 0.15) is 5.54 Å². The fourth-order valence-corrected chi connectivity index (χ4v) is 2.66. The van der Waals surface area contributed by atoms with Gasteiger partial charge in [0.15, 0.2) is 0 Å². The topological polar surface area (TPSA) is 69.6 Å². The Kier molecular flexibility index (Phi) is 4.54. The summed E-state index contributed by atoms with van der Waals surface area (Å²) in [5.41, 5.74) is -0.220. The summed E-state index contributed by atoms with van der Waals surface area (Å²) in [7, 11) is 0. The Hall–Kier alpha value is -1.59. The lowest BCUT2D eigenvalue weighted by atomic mass is 9.93. The fraction of sp³-hybridized carbons (Fsp3) is 0.467. The largest absolute Gasteiger partial charge is 0.387 e. The molecule has 0 aliphatic carbocycles. The standard InChI is InChI=1S/C15H19ClN2O3/c1-3-15(4-2)13(20)18(14(21)17-15)9-12(19)10-5-7-11(16)8-6-10/h5-8,12,19H,3-4,9H2,1-2H3,(H,17,21). The number of imide groups is 1. The van der Waals surface area contributed by atoms with E-state index in [1.807, 2.05) is 13.8 Å². The summed E-state index contributed by atoms with van der Waals surface area (Å²) in [5, 5.41) is 13.5. The van der Waals surface area contributed by atoms with E-state index in [9.17, 15) is 14.7 Å². The first-order valence-corrected chi connectivity index (χ1v) is 7.39. The van der Waals surface area contributed by atoms with E-state index in [0.29, 0.717) is 23.4 Å². The lowest BCUT2D eigenvalue weighted by molar-refractivity contribution is -0.132. The summed E-state index contributed by atoms with van der Waals surface area (Å²) >= 11 is 5.80. The molecule has 2 rings (SSSR count). The first kappa shape index (κ1) is 15.8. The van der Waals surface area contributed by atoms with Crippen molar-refractivity contribution in [1.82, 2.24) is 10.2 Å². The summed E-state index contributed by atoms with van der Waals surface area (Å²) < 4.78 is 0. The molecule has 1 fully saturated rings. The van der Waals surface area contributed by atoms with Crippen molar-refractivity contribution in [2.75, 3.05) is 6.54 Å². The molecule has 1 heterocycles. The van der Waals surface area contributed by atoms with E-state index in [1.54, 1.807) is 24.3 Å². The van der Waals surface area contributed by atoms with E-state index in [-0.39, 0.29) is 12.5 Å². The second-order valence-electron chi connectivity index (χ2n) is 5.20. The third-order valence-corrected chi connectivity index (χ3v) is 4.32. The molecule has 3 amide bonds. The number of carbonyl (C=O) groups is 2. The number of nitrogens with one attached hydrogen (secondary N) is 1. The van der Waals surface area contributed by atoms with Gasteiger partial charge in [0, 0.05) is 5.02 Å². The van der Waals surface area contributed by atoms with Crippen LogP contribution in [0.15, 0.2) is 24.3 Å². The highest BCUT2D eigenvalue weighted by atomic mass is 35.5. The first-order valence-electron chi connectivity index (χ1n) is 7.01. The third-order valence-electron chi connectivity index (χ3n) is 4.06. The van der Waals surface area contributed by atoms with Crippen LogP contribution in [0.3, 0.4) is 0 Å². The molecule has 1 aromatic carbocycles. The number of β-amino-alcohol motifs (C(OH)–C–C–N with tert-alkyl or cyclic N) is 1. The number of amides is 3. The van der Waals surface area contributed by atoms with Gasteiger partial charge in [-0.25, -0.2) is 4.79 Å². The van der Waals surface area contributed by atoms with Crippen molar-refractivity contribution >= 4 is 23.5 Å². The van der Waals surface area contributed by atoms with E-state index in [4.69, 9.17) is 11.6 Å². The van der Waals surface area contributed by atoms with Gasteiger partial charge in [-0.15, -0.1) is 0 Å². The number of nitrogens with zero attached hydrogens (tertiary/aromatic N) is 1. The van der Waals surface area contributed by atoms with Crippen molar-refractivity contribution in [2.45, 2.75) is 38.3 Å². The van der Waals surface area contributed by atoms with Crippen LogP contribution in [-0.2, 0) is 4.79 Å². The molecule has 0 radical (unpaired) electrons. The van der Waals surface area contributed by atoms with Crippen molar-refractivity contribution in [3.63, 3.8) is 0 Å². The molecule has 6 heteroatoms. The van der Waals surface area contributed by atoms with Crippen LogP contribution in [0, 0.1) is 0 Å². The summed E-state index contributed by atoms with van der Waals surface area (Å²) in [5.74, 6) is -0.273. The average Bonchev–Trinajstić information content (AvgIpc) is 2.72. The molecule has 114 valence electrons. The lowest BCUT2D eigenvalue weighted by Crippen LogP contribution is -2.46. The number of hydrogen-bond donors (Lipinski definition) is 2. The number of aliphatic hydroxyl groups is 1. The fourth-order valence-electron chi connectivity index (χ4n) is 2.53. The number of halogens is 1. The van der Waals surface area contributed by atoms with Crippen LogP contribution in [0.2, 0.25) is 5.02 Å². The number of urea groups is 1. The molecule has 1 aromatic rings. The second kappa shape index (κ2) is 6.03. The second-order valence-corrected chi connectivity index (χ2v) is 5.64. The summed E-state index contributed by atoms with van der Waals surface area (Å²) in [6.07, 6.45) is 0.130. The Bertz CT molecular complexity index is 540. The molecule has 0 bridgehead atoms. The van der Waals surface area contributed by atoms with Crippen LogP contribution in [0.25, 0.3) is 0 Å². The van der Waals surface area contributed by atoms with Crippen molar-refractivity contribution < 1.29 is 14.7 Å². The molecule has 5 nitrogen and oxygen atoms in total. The maximum absolute atomic E-state index is 12.4. The Balaban J connectivity index is 2.14. The number of aliphatic hydroxyl groups excluding tert-OH is 1. The molecule has 1 aliphatic heterocycles. The smallest absolute Gasteiger partial charge is 0.325 e. The van der Waals surface area contributed by atoms with Crippen LogP contribution in [-0.4, -0.2) is 34.0 Å². The highest BCUT2D eigenvalue weighted by Crippen LogP contribution is 2.27. The number of hydrogen-bond acceptors (Lipinski definition) is 3. The van der Waals surface area contributed by atoms with Crippen molar-refractivity contribution in [2.24, 2.45) is 0 Å². The Morgan fingerprint density at radius 2 is 1.81 bits per heavy atom. The number of benzene rings is 1. The van der Waals surface area contributed by atoms with Gasteiger partial charge in [0.2, 0.25) is 0 Å². The maximum Gasteiger partial charge on any atom is 0.325 e. The molecule has 1 unspecified atom stereocenters. The molecule has 0 aromatic heterocycles. The van der Waals surface area contributed by atoms with Crippen LogP contribution in [0.5, 0.6) is 0 Å². The molecule has 1 atom stereocenters. The van der Waals surface area contributed by atoms with E-state index < -0.39 is 17.7 Å². The van der Waals surface area contributed by atoms with Gasteiger partial charge in [-0.2, -0.15) is 0 Å². The van der Waals surface area contributed by atoms with Crippen LogP contribution in [0.4, 0.5) is 4.79 Å². The van der Waals surface area contributed by atoms with Crippen molar-refractivity contribution in [3.8, 4) is 0 Å². The molecular formula is C15H19ClN2O3. The highest BCUT2D eigenvalue weighted by Gasteiger charge is 2.49. The highest BCUT2D eigenvalue weighted by molar-refractivity contribution is 6.30. The maximum atomic E-state index is 12.4. The molecular weight excluding hydrogens is 292 g/mol. The summed E-state index contributed by atoms with van der Waals surface area (Å²) in [6, 6.07) is 6.23. The Morgan fingerprint density at radius 1 is 1.24 bits per heavy atom. The Morgan fingerprint density at radius 3 is 2.29 bits per heavy atom. The van der Waals surface area contributed by atoms with Gasteiger partial charge in [0.25, 0.3) is 5.91 Å². The molecule has 21 heavy (non-hydrogen) atoms. The van der Waals surface area contributed by atoms with Crippen LogP contribution >= 0.6 is 11.6 Å². The average molecular weight is 311 g/mol. The summed E-state index contributed by atoms with van der Waals surface area (Å²) in [4.78, 5) is 25.5. The normalized spacial score (nSPS) is 18.8. The third kappa shape index (κ3) is 2.89. The number of carbonyl (C=O) groups excluding carboxylic acids is 2. The van der Waals surface area contributed by atoms with E-state index >= 15 is 0 Å². The van der Waals surface area contributed by atoms with E-state index in [2.05, 4.69) is 5.32 Å². The minimum atomic E-state index is -0.929. The first-order chi connectivity index (χ1) is 9.93. The zero-order chi connectivity index (χ0) is 15.6. The summed E-state index contributed by atoms with van der Waals surface area (Å²) in [6.45, 7) is 3.66. The van der Waals surface area contributed by atoms with Crippen molar-refractivity contribution in [3.05, 3.63) is 34.9 Å². The Labute approximate surface area is 128 Å². The molecule has 0 spiro atoms. The van der Waals surface area contributed by atoms with Gasteiger partial charge in [0.05, 0.1) is 12.6 Å². The van der Waals surface area contributed by atoms with Gasteiger partial charge in [-0.3, -0.25) is 9.69 Å².